The van der Waals surface area contributed by atoms with Gasteiger partial charge in [0.2, 0.25) is 15.9 Å². The number of hydrazone groups is 1. The number of carbonyl (C=O) groups excluding carboxylic acids is 2. The zero-order chi connectivity index (χ0) is 21.4. The molecular formula is C17H22N4O6S2. The second kappa shape index (κ2) is 7.84. The monoisotopic (exact) mass is 442 g/mol. The van der Waals surface area contributed by atoms with E-state index < -0.39 is 37.9 Å². The van der Waals surface area contributed by atoms with Crippen LogP contribution >= 0.6 is 0 Å². The topological polar surface area (TPSA) is 156 Å². The Bertz CT molecular complexity index is 1060. The number of nitrogens with zero attached hydrogens (tertiary/aromatic N) is 2. The van der Waals surface area contributed by atoms with Crippen LogP contribution in [0.1, 0.15) is 37.8 Å². The normalized spacial score (nSPS) is 22.8. The van der Waals surface area contributed by atoms with Crippen LogP contribution in [0.3, 0.4) is 0 Å². The van der Waals surface area contributed by atoms with Crippen molar-refractivity contribution < 1.29 is 26.4 Å². The number of nitrogens with two attached hydrogens (primary N) is 1. The van der Waals surface area contributed by atoms with E-state index in [1.54, 1.807) is 19.1 Å². The minimum absolute atomic E-state index is 0.00401. The molecule has 2 heterocycles. The van der Waals surface area contributed by atoms with Gasteiger partial charge in [0.15, 0.2) is 9.84 Å². The van der Waals surface area contributed by atoms with Crippen LogP contribution < -0.4 is 10.5 Å². The first-order valence-electron chi connectivity index (χ1n) is 9.00. The summed E-state index contributed by atoms with van der Waals surface area (Å²) in [4.78, 5) is 24.7. The fourth-order valence-electron chi connectivity index (χ4n) is 3.30. The van der Waals surface area contributed by atoms with Crippen molar-refractivity contribution in [2.75, 3.05) is 11.5 Å². The molecule has 10 nitrogen and oxygen atoms in total. The number of amides is 2. The molecule has 0 spiro atoms. The lowest BCUT2D eigenvalue weighted by atomic mass is 10.1. The van der Waals surface area contributed by atoms with Crippen molar-refractivity contribution in [2.45, 2.75) is 43.2 Å². The van der Waals surface area contributed by atoms with Crippen molar-refractivity contribution in [3.63, 3.8) is 0 Å². The Kier molecular flexibility index (Phi) is 5.79. The van der Waals surface area contributed by atoms with Crippen molar-refractivity contribution >= 4 is 37.4 Å². The molecule has 1 aromatic carbocycles. The molecule has 2 amide bonds. The van der Waals surface area contributed by atoms with Crippen molar-refractivity contribution in [1.29, 1.82) is 0 Å². The molecule has 2 atom stereocenters. The summed E-state index contributed by atoms with van der Waals surface area (Å²) in [5.74, 6) is -0.907. The Morgan fingerprint density at radius 2 is 1.93 bits per heavy atom. The van der Waals surface area contributed by atoms with Gasteiger partial charge in [-0.2, -0.15) is 5.10 Å². The molecule has 0 aromatic heterocycles. The van der Waals surface area contributed by atoms with Gasteiger partial charge in [0.05, 0.1) is 28.5 Å². The van der Waals surface area contributed by atoms with Gasteiger partial charge >= 0.3 is 0 Å². The van der Waals surface area contributed by atoms with Gasteiger partial charge in [0.25, 0.3) is 5.91 Å². The number of sulfone groups is 1. The Morgan fingerprint density at radius 3 is 2.48 bits per heavy atom. The van der Waals surface area contributed by atoms with E-state index in [2.05, 4.69) is 10.4 Å². The molecule has 3 N–H and O–H groups in total. The van der Waals surface area contributed by atoms with Crippen LogP contribution in [0.15, 0.2) is 34.3 Å². The Balaban J connectivity index is 1.71. The third-order valence-electron chi connectivity index (χ3n) is 4.93. The maximum atomic E-state index is 12.6. The summed E-state index contributed by atoms with van der Waals surface area (Å²) in [6.45, 7) is 1.72. The zero-order valence-corrected chi connectivity index (χ0v) is 17.4. The van der Waals surface area contributed by atoms with Crippen LogP contribution in [0.25, 0.3) is 0 Å². The summed E-state index contributed by atoms with van der Waals surface area (Å²) < 4.78 is 46.0. The Labute approximate surface area is 169 Å². The van der Waals surface area contributed by atoms with Gasteiger partial charge in [-0.1, -0.05) is 12.1 Å². The number of sulfonamides is 1. The highest BCUT2D eigenvalue weighted by Crippen LogP contribution is 2.22. The van der Waals surface area contributed by atoms with Crippen LogP contribution in [-0.4, -0.2) is 56.9 Å². The van der Waals surface area contributed by atoms with Crippen molar-refractivity contribution in [1.82, 2.24) is 10.3 Å². The summed E-state index contributed by atoms with van der Waals surface area (Å²) in [5.41, 5.74) is 0.818. The smallest absolute Gasteiger partial charge is 0.267 e. The van der Waals surface area contributed by atoms with Crippen molar-refractivity contribution in [3.05, 3.63) is 29.8 Å². The molecule has 0 aliphatic carbocycles. The van der Waals surface area contributed by atoms with E-state index in [0.29, 0.717) is 12.0 Å². The summed E-state index contributed by atoms with van der Waals surface area (Å²) in [7, 11) is -6.99. The standard InChI is InChI=1S/C17H22N4O6S2/c1-11(12-2-4-14(5-3-12)29(18,26)27)19-17(23)15-6-7-16(22)21(20-15)13-8-9-28(24,25)10-13/h2-5,11,13H,6-10H2,1H3,(H,19,23)(H2,18,26,27). The zero-order valence-electron chi connectivity index (χ0n) is 15.7. The van der Waals surface area contributed by atoms with Gasteiger partial charge in [-0.3, -0.25) is 9.59 Å². The summed E-state index contributed by atoms with van der Waals surface area (Å²) in [6.07, 6.45) is 0.553. The average Bonchev–Trinajstić information content (AvgIpc) is 3.01. The number of hydrogen-bond donors (Lipinski definition) is 2. The molecule has 158 valence electrons. The second-order valence-corrected chi connectivity index (χ2v) is 10.9. The molecule has 0 bridgehead atoms. The maximum absolute atomic E-state index is 12.6. The summed E-state index contributed by atoms with van der Waals surface area (Å²) in [6, 6.07) is 4.81. The van der Waals surface area contributed by atoms with E-state index in [4.69, 9.17) is 5.14 Å². The van der Waals surface area contributed by atoms with Gasteiger partial charge in [-0.15, -0.1) is 0 Å². The molecule has 2 aliphatic heterocycles. The van der Waals surface area contributed by atoms with E-state index >= 15 is 0 Å². The fourth-order valence-corrected chi connectivity index (χ4v) is 5.51. The average molecular weight is 443 g/mol. The summed E-state index contributed by atoms with van der Waals surface area (Å²) >= 11 is 0. The number of carbonyl (C=O) groups is 2. The number of primary sulfonamides is 1. The van der Waals surface area contributed by atoms with Crippen molar-refractivity contribution in [2.24, 2.45) is 10.2 Å². The van der Waals surface area contributed by atoms with Crippen molar-refractivity contribution in [3.8, 4) is 0 Å². The lowest BCUT2D eigenvalue weighted by molar-refractivity contribution is -0.133. The maximum Gasteiger partial charge on any atom is 0.267 e. The third-order valence-corrected chi connectivity index (χ3v) is 7.61. The minimum Gasteiger partial charge on any atom is -0.344 e. The molecule has 1 saturated heterocycles. The number of rotatable bonds is 5. The van der Waals surface area contributed by atoms with Crippen LogP contribution in [-0.2, 0) is 29.4 Å². The first kappa shape index (κ1) is 21.4. The van der Waals surface area contributed by atoms with Crippen LogP contribution in [0, 0.1) is 0 Å². The van der Waals surface area contributed by atoms with E-state index in [9.17, 15) is 26.4 Å². The molecular weight excluding hydrogens is 420 g/mol. The lowest BCUT2D eigenvalue weighted by Crippen LogP contribution is -2.44. The predicted octanol–water partition coefficient (Wildman–Crippen LogP) is -0.323. The lowest BCUT2D eigenvalue weighted by Gasteiger charge is -2.28. The number of benzene rings is 1. The van der Waals surface area contributed by atoms with Gasteiger partial charge in [0.1, 0.15) is 5.71 Å². The molecule has 2 aliphatic rings. The largest absolute Gasteiger partial charge is 0.344 e. The van der Waals surface area contributed by atoms with Gasteiger partial charge in [-0.25, -0.2) is 27.0 Å². The minimum atomic E-state index is -3.80. The Hall–Kier alpha value is -2.31. The molecule has 0 saturated carbocycles. The third kappa shape index (κ3) is 5.00. The highest BCUT2D eigenvalue weighted by Gasteiger charge is 2.37. The van der Waals surface area contributed by atoms with E-state index in [-0.39, 0.29) is 40.9 Å². The number of hydrogen-bond acceptors (Lipinski definition) is 7. The van der Waals surface area contributed by atoms with Gasteiger partial charge in [-0.05, 0) is 31.0 Å². The first-order chi connectivity index (χ1) is 13.5. The van der Waals surface area contributed by atoms with E-state index in [1.165, 1.54) is 12.1 Å². The first-order valence-corrected chi connectivity index (χ1v) is 12.4. The SMILES string of the molecule is CC(NC(=O)C1=NN(C2CCS(=O)(=O)C2)C(=O)CC1)c1ccc(S(N)(=O)=O)cc1. The highest BCUT2D eigenvalue weighted by molar-refractivity contribution is 7.91. The van der Waals surface area contributed by atoms with Crippen LogP contribution in [0.4, 0.5) is 0 Å². The van der Waals surface area contributed by atoms with Gasteiger partial charge < -0.3 is 5.32 Å². The molecule has 2 unspecified atom stereocenters. The molecule has 29 heavy (non-hydrogen) atoms. The molecule has 1 aromatic rings. The second-order valence-electron chi connectivity index (χ2n) is 7.15. The van der Waals surface area contributed by atoms with E-state index in [0.717, 1.165) is 5.01 Å². The molecule has 12 heteroatoms. The number of nitrogens with one attached hydrogen (secondary N) is 1. The molecule has 3 rings (SSSR count). The molecule has 0 radical (unpaired) electrons. The summed E-state index contributed by atoms with van der Waals surface area (Å²) in [5, 5.41) is 13.1. The predicted molar refractivity (Wildman–Crippen MR) is 105 cm³/mol. The van der Waals surface area contributed by atoms with Crippen LogP contribution in [0.2, 0.25) is 0 Å². The van der Waals surface area contributed by atoms with Crippen LogP contribution in [0.5, 0.6) is 0 Å². The Morgan fingerprint density at radius 1 is 1.28 bits per heavy atom. The van der Waals surface area contributed by atoms with E-state index in [1.807, 2.05) is 0 Å². The van der Waals surface area contributed by atoms with Gasteiger partial charge in [0, 0.05) is 12.8 Å². The highest BCUT2D eigenvalue weighted by atomic mass is 32.2. The fraction of sp³-hybridized carbons (Fsp3) is 0.471. The molecule has 1 fully saturated rings. The quantitative estimate of drug-likeness (QED) is 0.636.